The number of ether oxygens (including phenoxy) is 1. The molecule has 6 nitrogen and oxygen atoms in total. The molecule has 0 aliphatic rings. The SMILES string of the molecule is Cc1ccc(C#N)cc1Oc1nc(C(=O)O)ccc1N. The number of aryl methyl sites for hydroxylation is 1. The van der Waals surface area contributed by atoms with Gasteiger partial charge in [-0.3, -0.25) is 0 Å². The Morgan fingerprint density at radius 2 is 2.15 bits per heavy atom. The fourth-order valence-electron chi connectivity index (χ4n) is 1.54. The molecule has 0 bridgehead atoms. The minimum atomic E-state index is -1.17. The van der Waals surface area contributed by atoms with Gasteiger partial charge in [0.05, 0.1) is 17.3 Å². The third-order valence-electron chi connectivity index (χ3n) is 2.63. The predicted octanol–water partition coefficient (Wildman–Crippen LogP) is 2.33. The molecule has 20 heavy (non-hydrogen) atoms. The number of hydrogen-bond acceptors (Lipinski definition) is 5. The number of nitrogens with two attached hydrogens (primary N) is 1. The summed E-state index contributed by atoms with van der Waals surface area (Å²) in [5.74, 6) is -0.758. The number of anilines is 1. The van der Waals surface area contributed by atoms with E-state index in [1.165, 1.54) is 12.1 Å². The van der Waals surface area contributed by atoms with E-state index in [0.717, 1.165) is 5.56 Å². The predicted molar refractivity (Wildman–Crippen MR) is 71.6 cm³/mol. The molecule has 0 spiro atoms. The molecular formula is C14H11N3O3. The maximum Gasteiger partial charge on any atom is 0.354 e. The van der Waals surface area contributed by atoms with Gasteiger partial charge in [0, 0.05) is 0 Å². The topological polar surface area (TPSA) is 109 Å². The average molecular weight is 269 g/mol. The summed E-state index contributed by atoms with van der Waals surface area (Å²) in [6, 6.07) is 9.64. The van der Waals surface area contributed by atoms with E-state index in [1.54, 1.807) is 25.1 Å². The quantitative estimate of drug-likeness (QED) is 0.884. The summed E-state index contributed by atoms with van der Waals surface area (Å²) in [6.45, 7) is 1.80. The van der Waals surface area contributed by atoms with Gasteiger partial charge in [-0.25, -0.2) is 9.78 Å². The van der Waals surface area contributed by atoms with Crippen LogP contribution in [0.4, 0.5) is 5.69 Å². The smallest absolute Gasteiger partial charge is 0.354 e. The molecule has 0 saturated carbocycles. The van der Waals surface area contributed by atoms with Gasteiger partial charge in [0.1, 0.15) is 5.75 Å². The summed E-state index contributed by atoms with van der Waals surface area (Å²) in [5, 5.41) is 17.8. The number of pyridine rings is 1. The van der Waals surface area contributed by atoms with Crippen LogP contribution in [0.3, 0.4) is 0 Å². The Hall–Kier alpha value is -3.07. The van der Waals surface area contributed by atoms with Crippen molar-refractivity contribution in [3.05, 3.63) is 47.2 Å². The van der Waals surface area contributed by atoms with Crippen LogP contribution in [0.2, 0.25) is 0 Å². The number of rotatable bonds is 3. The lowest BCUT2D eigenvalue weighted by Crippen LogP contribution is -2.04. The first-order valence-electron chi connectivity index (χ1n) is 5.69. The van der Waals surface area contributed by atoms with Crippen LogP contribution < -0.4 is 10.5 Å². The van der Waals surface area contributed by atoms with E-state index in [4.69, 9.17) is 20.8 Å². The van der Waals surface area contributed by atoms with Gasteiger partial charge in [-0.15, -0.1) is 0 Å². The highest BCUT2D eigenvalue weighted by molar-refractivity contribution is 5.86. The number of carboxylic acid groups (broad SMARTS) is 1. The van der Waals surface area contributed by atoms with E-state index in [0.29, 0.717) is 11.3 Å². The van der Waals surface area contributed by atoms with Crippen molar-refractivity contribution in [3.63, 3.8) is 0 Å². The zero-order valence-corrected chi connectivity index (χ0v) is 10.6. The lowest BCUT2D eigenvalue weighted by molar-refractivity contribution is 0.0689. The van der Waals surface area contributed by atoms with Crippen LogP contribution in [0.15, 0.2) is 30.3 Å². The van der Waals surface area contributed by atoms with Crippen molar-refractivity contribution in [3.8, 4) is 17.7 Å². The van der Waals surface area contributed by atoms with Crippen LogP contribution in [0.1, 0.15) is 21.6 Å². The minimum Gasteiger partial charge on any atom is -0.477 e. The Morgan fingerprint density at radius 1 is 1.40 bits per heavy atom. The number of carbonyl (C=O) groups is 1. The summed E-state index contributed by atoms with van der Waals surface area (Å²) < 4.78 is 5.52. The van der Waals surface area contributed by atoms with E-state index < -0.39 is 5.97 Å². The minimum absolute atomic E-state index is 0.00286. The molecular weight excluding hydrogens is 258 g/mol. The molecule has 0 fully saturated rings. The second-order valence-electron chi connectivity index (χ2n) is 4.09. The number of carboxylic acids is 1. The Balaban J connectivity index is 2.42. The third-order valence-corrected chi connectivity index (χ3v) is 2.63. The molecule has 3 N–H and O–H groups in total. The maximum absolute atomic E-state index is 10.9. The van der Waals surface area contributed by atoms with Gasteiger partial charge < -0.3 is 15.6 Å². The van der Waals surface area contributed by atoms with E-state index in [2.05, 4.69) is 4.98 Å². The fourth-order valence-corrected chi connectivity index (χ4v) is 1.54. The van der Waals surface area contributed by atoms with Crippen molar-refractivity contribution in [1.82, 2.24) is 4.98 Å². The standard InChI is InChI=1S/C14H11N3O3/c1-8-2-3-9(7-15)6-12(8)20-13-10(16)4-5-11(17-13)14(18)19/h2-6H,16H2,1H3,(H,18,19). The highest BCUT2D eigenvalue weighted by Gasteiger charge is 2.12. The zero-order valence-electron chi connectivity index (χ0n) is 10.6. The second kappa shape index (κ2) is 5.28. The fraction of sp³-hybridized carbons (Fsp3) is 0.0714. The Morgan fingerprint density at radius 3 is 2.80 bits per heavy atom. The number of benzene rings is 1. The first-order chi connectivity index (χ1) is 9.51. The van der Waals surface area contributed by atoms with Crippen molar-refractivity contribution in [2.24, 2.45) is 0 Å². The Bertz CT molecular complexity index is 720. The molecule has 0 unspecified atom stereocenters. The van der Waals surface area contributed by atoms with E-state index in [9.17, 15) is 4.79 Å². The van der Waals surface area contributed by atoms with Gasteiger partial charge in [0.2, 0.25) is 5.88 Å². The number of nitrogens with zero attached hydrogens (tertiary/aromatic N) is 2. The van der Waals surface area contributed by atoms with Gasteiger partial charge in [-0.05, 0) is 36.8 Å². The molecule has 2 aromatic rings. The highest BCUT2D eigenvalue weighted by Crippen LogP contribution is 2.28. The highest BCUT2D eigenvalue weighted by atomic mass is 16.5. The molecule has 100 valence electrons. The molecule has 0 aliphatic heterocycles. The van der Waals surface area contributed by atoms with Gasteiger partial charge in [0.15, 0.2) is 5.69 Å². The van der Waals surface area contributed by atoms with Crippen LogP contribution in [0, 0.1) is 18.3 Å². The lowest BCUT2D eigenvalue weighted by atomic mass is 10.1. The molecule has 0 aliphatic carbocycles. The second-order valence-corrected chi connectivity index (χ2v) is 4.09. The third kappa shape index (κ3) is 2.67. The molecule has 1 aromatic heterocycles. The number of aromatic nitrogens is 1. The monoisotopic (exact) mass is 269 g/mol. The Labute approximate surface area is 115 Å². The van der Waals surface area contributed by atoms with E-state index in [-0.39, 0.29) is 17.3 Å². The molecule has 2 rings (SSSR count). The summed E-state index contributed by atoms with van der Waals surface area (Å²) in [4.78, 5) is 14.7. The van der Waals surface area contributed by atoms with Crippen molar-refractivity contribution < 1.29 is 14.6 Å². The molecule has 0 amide bonds. The first kappa shape index (κ1) is 13.4. The van der Waals surface area contributed by atoms with Crippen LogP contribution in [-0.2, 0) is 0 Å². The largest absolute Gasteiger partial charge is 0.477 e. The van der Waals surface area contributed by atoms with Gasteiger partial charge in [-0.2, -0.15) is 5.26 Å². The molecule has 0 radical (unpaired) electrons. The van der Waals surface area contributed by atoms with Crippen LogP contribution >= 0.6 is 0 Å². The van der Waals surface area contributed by atoms with E-state index in [1.807, 2.05) is 6.07 Å². The van der Waals surface area contributed by atoms with Crippen molar-refractivity contribution in [2.45, 2.75) is 6.92 Å². The normalized spacial score (nSPS) is 9.80. The summed E-state index contributed by atoms with van der Waals surface area (Å²) >= 11 is 0. The summed E-state index contributed by atoms with van der Waals surface area (Å²) in [7, 11) is 0. The molecule has 6 heteroatoms. The maximum atomic E-state index is 10.9. The molecule has 0 atom stereocenters. The van der Waals surface area contributed by atoms with Crippen LogP contribution in [0.25, 0.3) is 0 Å². The number of nitriles is 1. The molecule has 1 heterocycles. The first-order valence-corrected chi connectivity index (χ1v) is 5.69. The summed E-state index contributed by atoms with van der Waals surface area (Å²) in [6.07, 6.45) is 0. The van der Waals surface area contributed by atoms with Crippen molar-refractivity contribution in [2.75, 3.05) is 5.73 Å². The molecule has 0 saturated heterocycles. The van der Waals surface area contributed by atoms with Gasteiger partial charge >= 0.3 is 5.97 Å². The number of hydrogen-bond donors (Lipinski definition) is 2. The number of nitrogen functional groups attached to an aromatic ring is 1. The van der Waals surface area contributed by atoms with Crippen molar-refractivity contribution >= 4 is 11.7 Å². The molecule has 1 aromatic carbocycles. The van der Waals surface area contributed by atoms with Crippen LogP contribution in [0.5, 0.6) is 11.6 Å². The van der Waals surface area contributed by atoms with E-state index >= 15 is 0 Å². The Kier molecular flexibility index (Phi) is 3.53. The number of aromatic carboxylic acids is 1. The van der Waals surface area contributed by atoms with Crippen LogP contribution in [-0.4, -0.2) is 16.1 Å². The lowest BCUT2D eigenvalue weighted by Gasteiger charge is -2.10. The summed E-state index contributed by atoms with van der Waals surface area (Å²) in [5.41, 5.74) is 6.98. The van der Waals surface area contributed by atoms with Crippen molar-refractivity contribution in [1.29, 1.82) is 5.26 Å². The average Bonchev–Trinajstić information content (AvgIpc) is 2.43. The zero-order chi connectivity index (χ0) is 14.7. The van der Waals surface area contributed by atoms with Gasteiger partial charge in [-0.1, -0.05) is 6.07 Å². The van der Waals surface area contributed by atoms with Gasteiger partial charge in [0.25, 0.3) is 0 Å².